The number of aryl methyl sites for hydroxylation is 1. The van der Waals surface area contributed by atoms with E-state index in [1.807, 2.05) is 7.05 Å². The Morgan fingerprint density at radius 2 is 2.14 bits per heavy atom. The molecule has 0 saturated carbocycles. The number of anilines is 1. The van der Waals surface area contributed by atoms with E-state index in [0.717, 1.165) is 36.1 Å². The first kappa shape index (κ1) is 13.9. The number of rotatable bonds is 2. The number of fused-ring (bicyclic) bond motifs is 1. The van der Waals surface area contributed by atoms with E-state index >= 15 is 0 Å². The molecule has 2 aromatic heterocycles. The zero-order valence-corrected chi connectivity index (χ0v) is 12.4. The Hall–Kier alpha value is -2.11. The molecule has 1 aliphatic rings. The summed E-state index contributed by atoms with van der Waals surface area (Å²) in [7, 11) is 1.82. The van der Waals surface area contributed by atoms with E-state index in [9.17, 15) is 9.90 Å². The molecule has 1 fully saturated rings. The molecule has 1 unspecified atom stereocenters. The van der Waals surface area contributed by atoms with Gasteiger partial charge in [-0.2, -0.15) is 5.10 Å². The lowest BCUT2D eigenvalue weighted by molar-refractivity contribution is 0.0697. The van der Waals surface area contributed by atoms with Gasteiger partial charge in [-0.1, -0.05) is 12.8 Å². The van der Waals surface area contributed by atoms with E-state index in [2.05, 4.69) is 21.9 Å². The van der Waals surface area contributed by atoms with E-state index in [0.29, 0.717) is 6.04 Å². The Balaban J connectivity index is 2.21. The minimum absolute atomic E-state index is 0.268. The summed E-state index contributed by atoms with van der Waals surface area (Å²) in [5.74, 6) is -0.931. The Kier molecular flexibility index (Phi) is 3.53. The molecule has 1 atom stereocenters. The number of hydrogen-bond donors (Lipinski definition) is 1. The van der Waals surface area contributed by atoms with Gasteiger partial charge in [-0.15, -0.1) is 0 Å². The normalized spacial score (nSPS) is 19.7. The molecule has 0 spiro atoms. The SMILES string of the molecule is CC1CCCCCN1c1c(C(=O)O)cnc2c1cnn2C. The second-order valence-corrected chi connectivity index (χ2v) is 5.72. The highest BCUT2D eigenvalue weighted by Gasteiger charge is 2.26. The molecule has 1 saturated heterocycles. The lowest BCUT2D eigenvalue weighted by Crippen LogP contribution is -2.34. The highest BCUT2D eigenvalue weighted by Crippen LogP contribution is 2.33. The average molecular weight is 288 g/mol. The molecule has 0 radical (unpaired) electrons. The first-order valence-electron chi connectivity index (χ1n) is 7.40. The molecule has 6 nitrogen and oxygen atoms in total. The molecule has 2 aromatic rings. The molecule has 0 bridgehead atoms. The van der Waals surface area contributed by atoms with Gasteiger partial charge in [0.05, 0.1) is 17.3 Å². The van der Waals surface area contributed by atoms with Crippen LogP contribution in [-0.2, 0) is 7.05 Å². The van der Waals surface area contributed by atoms with Gasteiger partial charge in [-0.25, -0.2) is 9.78 Å². The van der Waals surface area contributed by atoms with Crippen LogP contribution in [-0.4, -0.2) is 38.4 Å². The fourth-order valence-electron chi connectivity index (χ4n) is 3.16. The van der Waals surface area contributed by atoms with Crippen LogP contribution < -0.4 is 4.90 Å². The first-order chi connectivity index (χ1) is 10.1. The molecule has 0 aromatic carbocycles. The maximum Gasteiger partial charge on any atom is 0.339 e. The lowest BCUT2D eigenvalue weighted by atomic mass is 10.1. The van der Waals surface area contributed by atoms with Crippen molar-refractivity contribution in [2.45, 2.75) is 38.6 Å². The van der Waals surface area contributed by atoms with Crippen molar-refractivity contribution in [1.82, 2.24) is 14.8 Å². The molecule has 0 aliphatic carbocycles. The Morgan fingerprint density at radius 1 is 1.33 bits per heavy atom. The molecular weight excluding hydrogens is 268 g/mol. The van der Waals surface area contributed by atoms with E-state index in [-0.39, 0.29) is 5.56 Å². The minimum atomic E-state index is -0.931. The van der Waals surface area contributed by atoms with Gasteiger partial charge in [0.25, 0.3) is 0 Å². The summed E-state index contributed by atoms with van der Waals surface area (Å²) < 4.78 is 1.69. The summed E-state index contributed by atoms with van der Waals surface area (Å²) in [5.41, 5.74) is 1.77. The second kappa shape index (κ2) is 5.35. The van der Waals surface area contributed by atoms with E-state index < -0.39 is 5.97 Å². The smallest absolute Gasteiger partial charge is 0.339 e. The summed E-state index contributed by atoms with van der Waals surface area (Å²) >= 11 is 0. The van der Waals surface area contributed by atoms with E-state index in [1.54, 1.807) is 10.9 Å². The topological polar surface area (TPSA) is 71.2 Å². The quantitative estimate of drug-likeness (QED) is 0.919. The molecule has 1 aliphatic heterocycles. The van der Waals surface area contributed by atoms with Crippen molar-refractivity contribution in [3.8, 4) is 0 Å². The van der Waals surface area contributed by atoms with Gasteiger partial charge in [0, 0.05) is 25.8 Å². The molecule has 6 heteroatoms. The molecule has 21 heavy (non-hydrogen) atoms. The van der Waals surface area contributed by atoms with Gasteiger partial charge in [-0.05, 0) is 19.8 Å². The molecule has 1 N–H and O–H groups in total. The number of carboxylic acid groups (broad SMARTS) is 1. The third-order valence-electron chi connectivity index (χ3n) is 4.30. The summed E-state index contributed by atoms with van der Waals surface area (Å²) in [6, 6.07) is 0.330. The van der Waals surface area contributed by atoms with Crippen LogP contribution in [0.3, 0.4) is 0 Å². The summed E-state index contributed by atoms with van der Waals surface area (Å²) in [6.45, 7) is 3.05. The number of aromatic carboxylic acids is 1. The zero-order valence-electron chi connectivity index (χ0n) is 12.4. The van der Waals surface area contributed by atoms with Gasteiger partial charge < -0.3 is 10.0 Å². The Morgan fingerprint density at radius 3 is 2.90 bits per heavy atom. The number of nitrogens with zero attached hydrogens (tertiary/aromatic N) is 4. The number of pyridine rings is 1. The monoisotopic (exact) mass is 288 g/mol. The second-order valence-electron chi connectivity index (χ2n) is 5.72. The molecular formula is C15H20N4O2. The third-order valence-corrected chi connectivity index (χ3v) is 4.30. The Labute approximate surface area is 123 Å². The Bertz CT molecular complexity index is 680. The predicted molar refractivity (Wildman–Crippen MR) is 80.7 cm³/mol. The van der Waals surface area contributed by atoms with Gasteiger partial charge in [0.1, 0.15) is 5.56 Å². The lowest BCUT2D eigenvalue weighted by Gasteiger charge is -2.31. The van der Waals surface area contributed by atoms with Crippen molar-refractivity contribution in [2.24, 2.45) is 7.05 Å². The average Bonchev–Trinajstić information content (AvgIpc) is 2.70. The summed E-state index contributed by atoms with van der Waals surface area (Å²) in [6.07, 6.45) is 7.75. The maximum absolute atomic E-state index is 11.6. The summed E-state index contributed by atoms with van der Waals surface area (Å²) in [4.78, 5) is 18.1. The summed E-state index contributed by atoms with van der Waals surface area (Å²) in [5, 5.41) is 14.6. The van der Waals surface area contributed by atoms with Crippen LogP contribution in [0, 0.1) is 0 Å². The predicted octanol–water partition coefficient (Wildman–Crippen LogP) is 2.44. The largest absolute Gasteiger partial charge is 0.478 e. The number of aromatic nitrogens is 3. The fourth-order valence-corrected chi connectivity index (χ4v) is 3.16. The first-order valence-corrected chi connectivity index (χ1v) is 7.40. The van der Waals surface area contributed by atoms with Gasteiger partial charge in [0.2, 0.25) is 0 Å². The van der Waals surface area contributed by atoms with Crippen LogP contribution in [0.25, 0.3) is 11.0 Å². The van der Waals surface area contributed by atoms with Gasteiger partial charge in [-0.3, -0.25) is 4.68 Å². The van der Waals surface area contributed by atoms with Gasteiger partial charge in [0.15, 0.2) is 5.65 Å². The molecule has 3 heterocycles. The van der Waals surface area contributed by atoms with Crippen LogP contribution in [0.5, 0.6) is 0 Å². The fraction of sp³-hybridized carbons (Fsp3) is 0.533. The molecule has 0 amide bonds. The maximum atomic E-state index is 11.6. The highest BCUT2D eigenvalue weighted by atomic mass is 16.4. The number of carboxylic acids is 1. The van der Waals surface area contributed by atoms with Crippen LogP contribution in [0.15, 0.2) is 12.4 Å². The molecule has 3 rings (SSSR count). The van der Waals surface area contributed by atoms with E-state index in [4.69, 9.17) is 0 Å². The number of carbonyl (C=O) groups is 1. The molecule has 112 valence electrons. The standard InChI is InChI=1S/C15H20N4O2/c1-10-6-4-3-5-7-19(10)13-11-9-17-18(2)14(11)16-8-12(13)15(20)21/h8-10H,3-7H2,1-2H3,(H,20,21). The third kappa shape index (κ3) is 2.34. The van der Waals surface area contributed by atoms with Crippen molar-refractivity contribution in [1.29, 1.82) is 0 Å². The van der Waals surface area contributed by atoms with Crippen molar-refractivity contribution in [2.75, 3.05) is 11.4 Å². The van der Waals surface area contributed by atoms with Crippen molar-refractivity contribution in [3.05, 3.63) is 18.0 Å². The zero-order chi connectivity index (χ0) is 15.0. The highest BCUT2D eigenvalue weighted by molar-refractivity contribution is 6.03. The minimum Gasteiger partial charge on any atom is -0.478 e. The van der Waals surface area contributed by atoms with Crippen LogP contribution in [0.2, 0.25) is 0 Å². The van der Waals surface area contributed by atoms with Crippen LogP contribution in [0.4, 0.5) is 5.69 Å². The van der Waals surface area contributed by atoms with E-state index in [1.165, 1.54) is 19.0 Å². The van der Waals surface area contributed by atoms with Crippen LogP contribution in [0.1, 0.15) is 43.0 Å². The van der Waals surface area contributed by atoms with Crippen molar-refractivity contribution >= 4 is 22.7 Å². The van der Waals surface area contributed by atoms with Crippen LogP contribution >= 0.6 is 0 Å². The van der Waals surface area contributed by atoms with Crippen molar-refractivity contribution < 1.29 is 9.90 Å². The van der Waals surface area contributed by atoms with Crippen molar-refractivity contribution in [3.63, 3.8) is 0 Å². The number of hydrogen-bond acceptors (Lipinski definition) is 4. The van der Waals surface area contributed by atoms with Gasteiger partial charge >= 0.3 is 5.97 Å².